The second-order valence-electron chi connectivity index (χ2n) is 6.38. The first-order valence-electron chi connectivity index (χ1n) is 8.86. The third-order valence-electron chi connectivity index (χ3n) is 4.50. The minimum Gasteiger partial charge on any atom is -0.464 e. The predicted molar refractivity (Wildman–Crippen MR) is 100 cm³/mol. The highest BCUT2D eigenvalue weighted by Gasteiger charge is 2.51. The Kier molecular flexibility index (Phi) is 4.93. The smallest absolute Gasteiger partial charge is 0.282 e. The zero-order chi connectivity index (χ0) is 18.7. The number of rotatable bonds is 5. The van der Waals surface area contributed by atoms with Crippen LogP contribution in [0.4, 0.5) is 11.5 Å². The number of amides is 2. The number of ether oxygens (including phenoxy) is 1. The number of nitrogens with one attached hydrogen (secondary N) is 1. The maximum atomic E-state index is 13.1. The van der Waals surface area contributed by atoms with Crippen LogP contribution >= 0.6 is 0 Å². The van der Waals surface area contributed by atoms with Crippen LogP contribution in [-0.2, 0) is 16.0 Å². The molecule has 3 rings (SSSR count). The first-order valence-corrected chi connectivity index (χ1v) is 8.86. The second kappa shape index (κ2) is 7.15. The fraction of sp³-hybridized carbons (Fsp3) is 0.350. The normalized spacial score (nSPS) is 18.9. The van der Waals surface area contributed by atoms with Crippen LogP contribution < -0.4 is 15.0 Å². The first-order chi connectivity index (χ1) is 12.5. The fourth-order valence-corrected chi connectivity index (χ4v) is 3.05. The second-order valence-corrected chi connectivity index (χ2v) is 6.38. The topological polar surface area (TPSA) is 71.5 Å². The molecular weight excluding hydrogens is 330 g/mol. The molecule has 26 heavy (non-hydrogen) atoms. The van der Waals surface area contributed by atoms with Crippen molar-refractivity contribution in [1.82, 2.24) is 4.98 Å². The number of hydrogen-bond acceptors (Lipinski definition) is 4. The lowest BCUT2D eigenvalue weighted by Crippen LogP contribution is -2.61. The number of nitrogens with zero attached hydrogens (tertiary/aromatic N) is 2. The zero-order valence-electron chi connectivity index (χ0n) is 15.3. The Morgan fingerprint density at radius 2 is 2.00 bits per heavy atom. The van der Waals surface area contributed by atoms with E-state index < -0.39 is 17.4 Å². The van der Waals surface area contributed by atoms with Crippen molar-refractivity contribution in [2.24, 2.45) is 0 Å². The molecule has 136 valence electrons. The summed E-state index contributed by atoms with van der Waals surface area (Å²) in [4.78, 5) is 31.9. The van der Waals surface area contributed by atoms with Crippen molar-refractivity contribution in [1.29, 1.82) is 0 Å². The molecule has 0 spiro atoms. The average molecular weight is 353 g/mol. The van der Waals surface area contributed by atoms with Gasteiger partial charge in [0.2, 0.25) is 0 Å². The van der Waals surface area contributed by atoms with Crippen LogP contribution in [0.1, 0.15) is 32.8 Å². The van der Waals surface area contributed by atoms with E-state index in [0.717, 1.165) is 18.4 Å². The fourth-order valence-electron chi connectivity index (χ4n) is 3.05. The monoisotopic (exact) mass is 353 g/mol. The summed E-state index contributed by atoms with van der Waals surface area (Å²) < 4.78 is 5.85. The van der Waals surface area contributed by atoms with E-state index in [1.54, 1.807) is 18.3 Å². The lowest BCUT2D eigenvalue weighted by molar-refractivity contribution is -0.145. The van der Waals surface area contributed by atoms with Crippen LogP contribution in [0, 0.1) is 0 Å². The van der Waals surface area contributed by atoms with E-state index in [4.69, 9.17) is 4.74 Å². The van der Waals surface area contributed by atoms with Gasteiger partial charge in [0.15, 0.2) is 11.6 Å². The SMILES string of the molecule is CCCN1C(=O)[C@](C)(C(=O)Nc2ccccc2CC)Oc2cccnc21. The molecule has 1 aromatic carbocycles. The summed E-state index contributed by atoms with van der Waals surface area (Å²) in [6.45, 7) is 5.97. The summed E-state index contributed by atoms with van der Waals surface area (Å²) in [5.41, 5.74) is 0.0447. The molecule has 6 nitrogen and oxygen atoms in total. The highest BCUT2D eigenvalue weighted by molar-refractivity contribution is 6.19. The van der Waals surface area contributed by atoms with Gasteiger partial charge in [0, 0.05) is 18.4 Å². The van der Waals surface area contributed by atoms with Crippen LogP contribution in [0.5, 0.6) is 5.75 Å². The molecule has 0 aliphatic carbocycles. The predicted octanol–water partition coefficient (Wildman–Crippen LogP) is 3.18. The van der Waals surface area contributed by atoms with Crippen molar-refractivity contribution in [3.8, 4) is 5.75 Å². The molecule has 1 aliphatic rings. The van der Waals surface area contributed by atoms with Crippen molar-refractivity contribution in [2.45, 2.75) is 39.2 Å². The molecule has 0 saturated heterocycles. The molecule has 6 heteroatoms. The summed E-state index contributed by atoms with van der Waals surface area (Å²) in [6, 6.07) is 11.0. The molecule has 0 saturated carbocycles. The number of hydrogen-bond donors (Lipinski definition) is 1. The van der Waals surface area contributed by atoms with Crippen molar-refractivity contribution < 1.29 is 14.3 Å². The van der Waals surface area contributed by atoms with E-state index >= 15 is 0 Å². The largest absolute Gasteiger partial charge is 0.464 e. The van der Waals surface area contributed by atoms with Gasteiger partial charge in [-0.15, -0.1) is 0 Å². The standard InChI is InChI=1S/C20H23N3O3/c1-4-13-23-17-16(11-8-12-21-17)26-20(3,19(23)25)18(24)22-15-10-7-6-9-14(15)5-2/h6-12H,4-5,13H2,1-3H3,(H,22,24)/t20-/m0/s1. The van der Waals surface area contributed by atoms with E-state index in [2.05, 4.69) is 10.3 Å². The van der Waals surface area contributed by atoms with Gasteiger partial charge in [-0.1, -0.05) is 32.0 Å². The van der Waals surface area contributed by atoms with Gasteiger partial charge in [-0.3, -0.25) is 14.5 Å². The van der Waals surface area contributed by atoms with Crippen LogP contribution in [0.15, 0.2) is 42.6 Å². The number of carbonyl (C=O) groups is 2. The minimum absolute atomic E-state index is 0.406. The van der Waals surface area contributed by atoms with E-state index in [0.29, 0.717) is 23.8 Å². The van der Waals surface area contributed by atoms with Crippen molar-refractivity contribution in [3.05, 3.63) is 48.2 Å². The van der Waals surface area contributed by atoms with Crippen LogP contribution in [0.3, 0.4) is 0 Å². The first kappa shape index (κ1) is 17.9. The molecule has 1 atom stereocenters. The third-order valence-corrected chi connectivity index (χ3v) is 4.50. The maximum absolute atomic E-state index is 13.1. The Morgan fingerprint density at radius 1 is 1.23 bits per heavy atom. The Balaban J connectivity index is 1.95. The Hall–Kier alpha value is -2.89. The van der Waals surface area contributed by atoms with Gasteiger partial charge in [0.25, 0.3) is 17.4 Å². The molecule has 2 aromatic rings. The highest BCUT2D eigenvalue weighted by atomic mass is 16.5. The molecule has 1 aliphatic heterocycles. The summed E-state index contributed by atoms with van der Waals surface area (Å²) in [7, 11) is 0. The Labute approximate surface area is 153 Å². The maximum Gasteiger partial charge on any atom is 0.282 e. The Morgan fingerprint density at radius 3 is 2.73 bits per heavy atom. The van der Waals surface area contributed by atoms with Crippen LogP contribution in [-0.4, -0.2) is 28.9 Å². The molecule has 2 amide bonds. The summed E-state index contributed by atoms with van der Waals surface area (Å²) >= 11 is 0. The van der Waals surface area contributed by atoms with Gasteiger partial charge in [-0.05, 0) is 43.5 Å². The number of para-hydroxylation sites is 1. The van der Waals surface area contributed by atoms with Crippen LogP contribution in [0.25, 0.3) is 0 Å². The van der Waals surface area contributed by atoms with E-state index in [-0.39, 0.29) is 0 Å². The lowest BCUT2D eigenvalue weighted by atomic mass is 10.00. The molecule has 2 heterocycles. The molecule has 0 radical (unpaired) electrons. The van der Waals surface area contributed by atoms with Crippen molar-refractivity contribution in [3.63, 3.8) is 0 Å². The van der Waals surface area contributed by atoms with E-state index in [1.165, 1.54) is 11.8 Å². The number of carbonyl (C=O) groups excluding carboxylic acids is 2. The number of aryl methyl sites for hydroxylation is 1. The molecule has 0 fully saturated rings. The van der Waals surface area contributed by atoms with Gasteiger partial charge in [-0.25, -0.2) is 4.98 Å². The summed E-state index contributed by atoms with van der Waals surface area (Å²) in [5.74, 6) is -0.00315. The third kappa shape index (κ3) is 3.03. The molecule has 1 aromatic heterocycles. The van der Waals surface area contributed by atoms with Gasteiger partial charge >= 0.3 is 0 Å². The minimum atomic E-state index is -1.65. The van der Waals surface area contributed by atoms with E-state index in [9.17, 15) is 9.59 Å². The summed E-state index contributed by atoms with van der Waals surface area (Å²) in [5, 5.41) is 2.86. The van der Waals surface area contributed by atoms with Crippen LogP contribution in [0.2, 0.25) is 0 Å². The molecule has 1 N–H and O–H groups in total. The molecular formula is C20H23N3O3. The average Bonchev–Trinajstić information content (AvgIpc) is 2.66. The lowest BCUT2D eigenvalue weighted by Gasteiger charge is -2.38. The van der Waals surface area contributed by atoms with Gasteiger partial charge in [-0.2, -0.15) is 0 Å². The molecule has 0 bridgehead atoms. The van der Waals surface area contributed by atoms with Gasteiger partial charge in [0.05, 0.1) is 0 Å². The van der Waals surface area contributed by atoms with E-state index in [1.807, 2.05) is 38.1 Å². The highest BCUT2D eigenvalue weighted by Crippen LogP contribution is 2.36. The number of fused-ring (bicyclic) bond motifs is 1. The zero-order valence-corrected chi connectivity index (χ0v) is 15.3. The number of benzene rings is 1. The number of aromatic nitrogens is 1. The quantitative estimate of drug-likeness (QED) is 0.838. The van der Waals surface area contributed by atoms with Gasteiger partial charge < -0.3 is 10.1 Å². The summed E-state index contributed by atoms with van der Waals surface area (Å²) in [6.07, 6.45) is 3.13. The van der Waals surface area contributed by atoms with Gasteiger partial charge in [0.1, 0.15) is 0 Å². The molecule has 0 unspecified atom stereocenters. The number of pyridine rings is 1. The van der Waals surface area contributed by atoms with Crippen molar-refractivity contribution in [2.75, 3.05) is 16.8 Å². The van der Waals surface area contributed by atoms with Crippen molar-refractivity contribution >= 4 is 23.3 Å². The Bertz CT molecular complexity index is 837. The number of anilines is 2.